The van der Waals surface area contributed by atoms with Crippen molar-refractivity contribution in [2.45, 2.75) is 18.9 Å². The third-order valence-electron chi connectivity index (χ3n) is 3.77. The van der Waals surface area contributed by atoms with E-state index in [2.05, 4.69) is 20.7 Å². The zero-order valence-corrected chi connectivity index (χ0v) is 13.8. The molecular weight excluding hydrogens is 344 g/mol. The maximum atomic E-state index is 12.5. The molecule has 2 aromatic carbocycles. The van der Waals surface area contributed by atoms with Crippen LogP contribution >= 0.6 is 11.6 Å². The van der Waals surface area contributed by atoms with Gasteiger partial charge >= 0.3 is 5.97 Å². The highest BCUT2D eigenvalue weighted by molar-refractivity contribution is 6.31. The maximum absolute atomic E-state index is 12.5. The van der Waals surface area contributed by atoms with Crippen LogP contribution in [-0.4, -0.2) is 38.4 Å². The lowest BCUT2D eigenvalue weighted by Gasteiger charge is -2.18. The van der Waals surface area contributed by atoms with Crippen molar-refractivity contribution < 1.29 is 14.7 Å². The number of carbonyl (C=O) groups excluding carboxylic acids is 1. The molecule has 0 aliphatic carbocycles. The Morgan fingerprint density at radius 2 is 2.04 bits per heavy atom. The van der Waals surface area contributed by atoms with Crippen LogP contribution in [0.1, 0.15) is 22.3 Å². The largest absolute Gasteiger partial charge is 0.481 e. The number of aromatic nitrogens is 3. The van der Waals surface area contributed by atoms with Gasteiger partial charge in [0.2, 0.25) is 0 Å². The van der Waals surface area contributed by atoms with E-state index >= 15 is 0 Å². The minimum Gasteiger partial charge on any atom is -0.481 e. The molecule has 3 aromatic rings. The topological polar surface area (TPSA) is 108 Å². The van der Waals surface area contributed by atoms with Crippen molar-refractivity contribution in [3.63, 3.8) is 0 Å². The number of nitrogens with one attached hydrogen (secondary N) is 2. The Kier molecular flexibility index (Phi) is 4.95. The van der Waals surface area contributed by atoms with Gasteiger partial charge in [-0.1, -0.05) is 35.0 Å². The summed E-state index contributed by atoms with van der Waals surface area (Å²) in [4.78, 5) is 23.6. The van der Waals surface area contributed by atoms with Gasteiger partial charge in [-0.3, -0.25) is 14.7 Å². The van der Waals surface area contributed by atoms with Crippen molar-refractivity contribution in [2.24, 2.45) is 0 Å². The van der Waals surface area contributed by atoms with Gasteiger partial charge in [-0.05, 0) is 36.2 Å². The molecule has 0 fully saturated rings. The predicted octanol–water partition coefficient (Wildman–Crippen LogP) is 2.43. The van der Waals surface area contributed by atoms with Gasteiger partial charge in [0.05, 0.1) is 11.9 Å². The minimum atomic E-state index is -0.995. The van der Waals surface area contributed by atoms with E-state index in [0.717, 1.165) is 5.56 Å². The number of fused-ring (bicyclic) bond motifs is 1. The van der Waals surface area contributed by atoms with Gasteiger partial charge in [0.15, 0.2) is 0 Å². The van der Waals surface area contributed by atoms with Gasteiger partial charge in [0, 0.05) is 16.6 Å². The Balaban J connectivity index is 1.78. The lowest BCUT2D eigenvalue weighted by atomic mass is 10.0. The molecule has 1 amide bonds. The Bertz CT molecular complexity index is 925. The zero-order valence-electron chi connectivity index (χ0n) is 13.1. The van der Waals surface area contributed by atoms with Crippen molar-refractivity contribution >= 4 is 34.5 Å². The number of halogens is 1. The highest BCUT2D eigenvalue weighted by Crippen LogP contribution is 2.18. The summed E-state index contributed by atoms with van der Waals surface area (Å²) in [6, 6.07) is 11.5. The average Bonchev–Trinajstić information content (AvgIpc) is 3.04. The summed E-state index contributed by atoms with van der Waals surface area (Å²) >= 11 is 6.13. The van der Waals surface area contributed by atoms with Crippen LogP contribution in [0, 0.1) is 0 Å². The van der Waals surface area contributed by atoms with Crippen LogP contribution in [-0.2, 0) is 11.2 Å². The molecule has 0 spiro atoms. The maximum Gasteiger partial charge on any atom is 0.305 e. The van der Waals surface area contributed by atoms with E-state index in [1.54, 1.807) is 30.3 Å². The molecule has 0 aliphatic heterocycles. The monoisotopic (exact) mass is 358 g/mol. The highest BCUT2D eigenvalue weighted by atomic mass is 35.5. The quantitative estimate of drug-likeness (QED) is 0.627. The first-order chi connectivity index (χ1) is 12.0. The van der Waals surface area contributed by atoms with E-state index in [0.29, 0.717) is 28.0 Å². The summed E-state index contributed by atoms with van der Waals surface area (Å²) in [6.07, 6.45) is 0.121. The van der Waals surface area contributed by atoms with Crippen LogP contribution in [0.3, 0.4) is 0 Å². The molecule has 128 valence electrons. The molecule has 25 heavy (non-hydrogen) atoms. The van der Waals surface area contributed by atoms with Crippen LogP contribution < -0.4 is 5.32 Å². The number of hydrogen-bond acceptors (Lipinski definition) is 4. The number of benzene rings is 2. The Labute approximate surface area is 148 Å². The number of carbonyl (C=O) groups is 2. The van der Waals surface area contributed by atoms with Crippen LogP contribution in [0.15, 0.2) is 42.5 Å². The van der Waals surface area contributed by atoms with E-state index in [-0.39, 0.29) is 12.3 Å². The Morgan fingerprint density at radius 3 is 2.80 bits per heavy atom. The fourth-order valence-corrected chi connectivity index (χ4v) is 2.78. The number of amides is 1. The molecule has 1 heterocycles. The van der Waals surface area contributed by atoms with E-state index in [1.807, 2.05) is 12.1 Å². The summed E-state index contributed by atoms with van der Waals surface area (Å²) in [6.45, 7) is 0. The second-order valence-corrected chi connectivity index (χ2v) is 6.01. The fourth-order valence-electron chi connectivity index (χ4n) is 2.57. The number of hydrogen-bond donors (Lipinski definition) is 3. The minimum absolute atomic E-state index is 0.204. The lowest BCUT2D eigenvalue weighted by molar-refractivity contribution is -0.137. The standard InChI is InChI=1S/C17H15ClN4O3/c18-13-4-2-1-3-10(13)7-12(9-16(23)24)19-17(25)11-5-6-14-15(8-11)21-22-20-14/h1-6,8,12H,7,9H2,(H,19,25)(H,23,24)(H,20,21,22)/t12-/m1/s1. The third kappa shape index (κ3) is 4.13. The molecule has 0 saturated carbocycles. The molecule has 0 bridgehead atoms. The molecule has 8 heteroatoms. The van der Waals surface area contributed by atoms with E-state index < -0.39 is 12.0 Å². The second-order valence-electron chi connectivity index (χ2n) is 5.61. The van der Waals surface area contributed by atoms with Gasteiger partial charge < -0.3 is 10.4 Å². The first-order valence-corrected chi connectivity index (χ1v) is 7.97. The molecule has 0 saturated heterocycles. The molecule has 1 atom stereocenters. The molecule has 7 nitrogen and oxygen atoms in total. The first-order valence-electron chi connectivity index (χ1n) is 7.60. The normalized spacial score (nSPS) is 12.0. The number of carboxylic acids is 1. The molecule has 0 aliphatic rings. The van der Waals surface area contributed by atoms with E-state index in [1.165, 1.54) is 0 Å². The van der Waals surface area contributed by atoms with E-state index in [4.69, 9.17) is 16.7 Å². The summed E-state index contributed by atoms with van der Waals surface area (Å²) in [5, 5.41) is 22.6. The van der Waals surface area contributed by atoms with Gasteiger partial charge in [-0.25, -0.2) is 0 Å². The van der Waals surface area contributed by atoms with Crippen molar-refractivity contribution in [1.29, 1.82) is 0 Å². The van der Waals surface area contributed by atoms with Crippen LogP contribution in [0.2, 0.25) is 5.02 Å². The number of H-pyrrole nitrogens is 1. The Hall–Kier alpha value is -2.93. The first kappa shape index (κ1) is 16.9. The van der Waals surface area contributed by atoms with Crippen LogP contribution in [0.5, 0.6) is 0 Å². The number of aromatic amines is 1. The highest BCUT2D eigenvalue weighted by Gasteiger charge is 2.19. The van der Waals surface area contributed by atoms with Gasteiger partial charge in [-0.15, -0.1) is 5.10 Å². The number of aliphatic carboxylic acids is 1. The molecule has 3 rings (SSSR count). The summed E-state index contributed by atoms with van der Waals surface area (Å²) in [5.74, 6) is -1.36. The summed E-state index contributed by atoms with van der Waals surface area (Å²) in [5.41, 5.74) is 2.46. The van der Waals surface area contributed by atoms with Crippen molar-refractivity contribution in [1.82, 2.24) is 20.7 Å². The molecule has 1 aromatic heterocycles. The average molecular weight is 359 g/mol. The zero-order chi connectivity index (χ0) is 17.8. The molecule has 0 radical (unpaired) electrons. The lowest BCUT2D eigenvalue weighted by Crippen LogP contribution is -2.38. The smallest absolute Gasteiger partial charge is 0.305 e. The second kappa shape index (κ2) is 7.31. The summed E-state index contributed by atoms with van der Waals surface area (Å²) in [7, 11) is 0. The predicted molar refractivity (Wildman–Crippen MR) is 92.6 cm³/mol. The number of nitrogens with zero attached hydrogens (tertiary/aromatic N) is 2. The third-order valence-corrected chi connectivity index (χ3v) is 4.14. The van der Waals surface area contributed by atoms with E-state index in [9.17, 15) is 9.59 Å². The van der Waals surface area contributed by atoms with Crippen molar-refractivity contribution in [3.05, 3.63) is 58.6 Å². The SMILES string of the molecule is O=C(O)C[C@@H](Cc1ccccc1Cl)NC(=O)c1ccc2nn[nH]c2c1. The van der Waals surface area contributed by atoms with Crippen molar-refractivity contribution in [3.8, 4) is 0 Å². The fraction of sp³-hybridized carbons (Fsp3) is 0.176. The number of carboxylic acid groups (broad SMARTS) is 1. The van der Waals surface area contributed by atoms with Gasteiger partial charge in [0.25, 0.3) is 5.91 Å². The molecule has 3 N–H and O–H groups in total. The van der Waals surface area contributed by atoms with Crippen LogP contribution in [0.25, 0.3) is 11.0 Å². The Morgan fingerprint density at radius 1 is 1.24 bits per heavy atom. The van der Waals surface area contributed by atoms with Crippen LogP contribution in [0.4, 0.5) is 0 Å². The van der Waals surface area contributed by atoms with Crippen molar-refractivity contribution in [2.75, 3.05) is 0 Å². The van der Waals surface area contributed by atoms with Gasteiger partial charge in [0.1, 0.15) is 5.52 Å². The van der Waals surface area contributed by atoms with Gasteiger partial charge in [-0.2, -0.15) is 0 Å². The molecule has 0 unspecified atom stereocenters. The molecular formula is C17H15ClN4O3. The summed E-state index contributed by atoms with van der Waals surface area (Å²) < 4.78 is 0. The number of rotatable bonds is 6.